The summed E-state index contributed by atoms with van der Waals surface area (Å²) in [7, 11) is 1.71. The van der Waals surface area contributed by atoms with Gasteiger partial charge in [-0.3, -0.25) is 4.79 Å². The molecule has 1 fully saturated rings. The minimum Gasteiger partial charge on any atom is -0.495 e. The first-order valence-corrected chi connectivity index (χ1v) is 14.4. The molecule has 5 nitrogen and oxygen atoms in total. The topological polar surface area (TPSA) is 37.7 Å². The highest BCUT2D eigenvalue weighted by Crippen LogP contribution is 2.38. The van der Waals surface area contributed by atoms with Crippen molar-refractivity contribution < 1.29 is 9.53 Å². The first kappa shape index (κ1) is 25.3. The minimum atomic E-state index is 0.0201. The maximum atomic E-state index is 13.8. The third-order valence-corrected chi connectivity index (χ3v) is 8.70. The highest BCUT2D eigenvalue weighted by Gasteiger charge is 2.28. The van der Waals surface area contributed by atoms with Gasteiger partial charge < -0.3 is 19.1 Å². The molecule has 0 saturated carbocycles. The van der Waals surface area contributed by atoms with Crippen molar-refractivity contribution in [2.24, 2.45) is 0 Å². The molecule has 1 amide bonds. The normalized spacial score (nSPS) is 14.5. The highest BCUT2D eigenvalue weighted by molar-refractivity contribution is 7.10. The molecule has 1 saturated heterocycles. The fraction of sp³-hybridized carbons (Fsp3) is 0.242. The van der Waals surface area contributed by atoms with Crippen LogP contribution in [0.3, 0.4) is 0 Å². The second-order valence-corrected chi connectivity index (χ2v) is 11.0. The third-order valence-electron chi connectivity index (χ3n) is 7.71. The van der Waals surface area contributed by atoms with Crippen LogP contribution < -0.4 is 9.64 Å². The average Bonchev–Trinajstić information content (AvgIpc) is 3.66. The van der Waals surface area contributed by atoms with E-state index in [2.05, 4.69) is 93.8 Å². The number of rotatable bonds is 8. The summed E-state index contributed by atoms with van der Waals surface area (Å²) in [6, 6.07) is 31.5. The average molecular weight is 536 g/mol. The molecular weight excluding hydrogens is 502 g/mol. The number of hydrogen-bond acceptors (Lipinski definition) is 4. The van der Waals surface area contributed by atoms with Gasteiger partial charge in [-0.2, -0.15) is 0 Å². The van der Waals surface area contributed by atoms with Crippen molar-refractivity contribution in [3.8, 4) is 5.75 Å². The first-order valence-electron chi connectivity index (χ1n) is 13.5. The van der Waals surface area contributed by atoms with E-state index in [0.29, 0.717) is 19.5 Å². The van der Waals surface area contributed by atoms with E-state index in [0.717, 1.165) is 31.1 Å². The zero-order valence-corrected chi connectivity index (χ0v) is 23.0. The Morgan fingerprint density at radius 2 is 1.62 bits per heavy atom. The molecule has 0 N–H and O–H groups in total. The van der Waals surface area contributed by atoms with E-state index in [1.54, 1.807) is 18.4 Å². The molecular formula is C33H33N3O2S. The van der Waals surface area contributed by atoms with Gasteiger partial charge in [-0.15, -0.1) is 11.3 Å². The second-order valence-electron chi connectivity index (χ2n) is 10.0. The van der Waals surface area contributed by atoms with Gasteiger partial charge in [0.2, 0.25) is 5.91 Å². The van der Waals surface area contributed by atoms with Crippen LogP contribution in [0.5, 0.6) is 5.75 Å². The van der Waals surface area contributed by atoms with E-state index in [-0.39, 0.29) is 11.8 Å². The number of fused-ring (bicyclic) bond motifs is 1. The minimum absolute atomic E-state index is 0.0201. The summed E-state index contributed by atoms with van der Waals surface area (Å²) in [5.41, 5.74) is 4.79. The smallest absolute Gasteiger partial charge is 0.223 e. The number of ether oxygens (including phenoxy) is 1. The van der Waals surface area contributed by atoms with E-state index < -0.39 is 0 Å². The molecule has 6 heteroatoms. The lowest BCUT2D eigenvalue weighted by molar-refractivity contribution is -0.131. The van der Waals surface area contributed by atoms with Crippen molar-refractivity contribution in [3.05, 3.63) is 119 Å². The monoisotopic (exact) mass is 535 g/mol. The Hall–Kier alpha value is -4.03. The number of aromatic nitrogens is 1. The van der Waals surface area contributed by atoms with Crippen LogP contribution in [0, 0.1) is 0 Å². The van der Waals surface area contributed by atoms with Crippen LogP contribution in [-0.4, -0.2) is 48.7 Å². The van der Waals surface area contributed by atoms with Gasteiger partial charge in [0.05, 0.1) is 12.8 Å². The molecule has 1 atom stereocenters. The summed E-state index contributed by atoms with van der Waals surface area (Å²) < 4.78 is 7.90. The van der Waals surface area contributed by atoms with Gasteiger partial charge in [0.25, 0.3) is 0 Å². The number of carbonyl (C=O) groups is 1. The number of benzene rings is 3. The van der Waals surface area contributed by atoms with E-state index in [1.165, 1.54) is 26.9 Å². The SMILES string of the molecule is COc1ccccc1N1CCN(C(=O)C[C@@H](c2cccs2)c2cn(Cc3ccccc3)c3ccccc23)CC1. The Kier molecular flexibility index (Phi) is 7.37. The van der Waals surface area contributed by atoms with Gasteiger partial charge in [-0.25, -0.2) is 0 Å². The Morgan fingerprint density at radius 1 is 0.872 bits per heavy atom. The predicted molar refractivity (Wildman–Crippen MR) is 160 cm³/mol. The summed E-state index contributed by atoms with van der Waals surface area (Å²) in [6.07, 6.45) is 2.74. The largest absolute Gasteiger partial charge is 0.495 e. The van der Waals surface area contributed by atoms with Crippen molar-refractivity contribution in [1.82, 2.24) is 9.47 Å². The summed E-state index contributed by atoms with van der Waals surface area (Å²) in [5.74, 6) is 1.11. The zero-order valence-electron chi connectivity index (χ0n) is 22.2. The number of anilines is 1. The summed E-state index contributed by atoms with van der Waals surface area (Å²) in [4.78, 5) is 19.3. The maximum Gasteiger partial charge on any atom is 0.223 e. The van der Waals surface area contributed by atoms with Crippen molar-refractivity contribution in [3.63, 3.8) is 0 Å². The van der Waals surface area contributed by atoms with Gasteiger partial charge in [0, 0.05) is 67.0 Å². The quantitative estimate of drug-likeness (QED) is 0.224. The standard InChI is InChI=1S/C33H33N3O2S/c1-38-31-15-8-7-14-30(31)34-17-19-35(20-18-34)33(37)22-27(32-16-9-21-39-32)28-24-36(23-25-10-3-2-4-11-25)29-13-6-5-12-26(28)29/h2-16,21,24,27H,17-20,22-23H2,1H3/t27-/m1/s1. The van der Waals surface area contributed by atoms with Crippen LogP contribution in [0.15, 0.2) is 103 Å². The van der Waals surface area contributed by atoms with Crippen LogP contribution in [-0.2, 0) is 11.3 Å². The molecule has 1 aliphatic rings. The van der Waals surface area contributed by atoms with E-state index in [1.807, 2.05) is 23.1 Å². The van der Waals surface area contributed by atoms with Crippen molar-refractivity contribution in [2.45, 2.75) is 18.9 Å². The van der Waals surface area contributed by atoms with E-state index in [4.69, 9.17) is 4.74 Å². The molecule has 5 aromatic rings. The number of hydrogen-bond donors (Lipinski definition) is 0. The maximum absolute atomic E-state index is 13.8. The molecule has 3 heterocycles. The molecule has 3 aromatic carbocycles. The second kappa shape index (κ2) is 11.4. The van der Waals surface area contributed by atoms with Crippen LogP contribution in [0.2, 0.25) is 0 Å². The molecule has 0 bridgehead atoms. The van der Waals surface area contributed by atoms with Gasteiger partial charge in [0.1, 0.15) is 5.75 Å². The molecule has 198 valence electrons. The number of nitrogens with zero attached hydrogens (tertiary/aromatic N) is 3. The predicted octanol–water partition coefficient (Wildman–Crippen LogP) is 6.63. The lowest BCUT2D eigenvalue weighted by Gasteiger charge is -2.37. The Labute approximate surface area is 233 Å². The Bertz CT molecular complexity index is 1540. The first-order chi connectivity index (χ1) is 19.2. The summed E-state index contributed by atoms with van der Waals surface area (Å²) >= 11 is 1.74. The number of methoxy groups -OCH3 is 1. The third kappa shape index (κ3) is 5.30. The van der Waals surface area contributed by atoms with Gasteiger partial charge in [-0.1, -0.05) is 66.7 Å². The van der Waals surface area contributed by atoms with Crippen molar-refractivity contribution in [2.75, 3.05) is 38.2 Å². The number of para-hydroxylation sites is 3. The van der Waals surface area contributed by atoms with Crippen LogP contribution in [0.25, 0.3) is 10.9 Å². The molecule has 1 aliphatic heterocycles. The van der Waals surface area contributed by atoms with Crippen LogP contribution in [0.1, 0.15) is 28.3 Å². The number of amides is 1. The lowest BCUT2D eigenvalue weighted by atomic mass is 9.93. The number of piperazine rings is 1. The molecule has 0 unspecified atom stereocenters. The molecule has 2 aromatic heterocycles. The van der Waals surface area contributed by atoms with E-state index >= 15 is 0 Å². The molecule has 39 heavy (non-hydrogen) atoms. The lowest BCUT2D eigenvalue weighted by Crippen LogP contribution is -2.49. The van der Waals surface area contributed by atoms with Crippen LogP contribution >= 0.6 is 11.3 Å². The van der Waals surface area contributed by atoms with Crippen molar-refractivity contribution >= 4 is 33.8 Å². The van der Waals surface area contributed by atoms with Crippen LogP contribution in [0.4, 0.5) is 5.69 Å². The Morgan fingerprint density at radius 3 is 2.38 bits per heavy atom. The number of thiophene rings is 1. The zero-order chi connectivity index (χ0) is 26.6. The van der Waals surface area contributed by atoms with Gasteiger partial charge in [-0.05, 0) is 40.8 Å². The Balaban J connectivity index is 1.24. The number of carbonyl (C=O) groups excluding carboxylic acids is 1. The summed E-state index contributed by atoms with van der Waals surface area (Å²) in [6.45, 7) is 3.82. The molecule has 0 radical (unpaired) electrons. The van der Waals surface area contributed by atoms with Crippen molar-refractivity contribution in [1.29, 1.82) is 0 Å². The van der Waals surface area contributed by atoms with Gasteiger partial charge in [0.15, 0.2) is 0 Å². The fourth-order valence-corrected chi connectivity index (χ4v) is 6.55. The summed E-state index contributed by atoms with van der Waals surface area (Å²) in [5, 5.41) is 3.34. The fourth-order valence-electron chi connectivity index (χ4n) is 5.71. The molecule has 6 rings (SSSR count). The van der Waals surface area contributed by atoms with Gasteiger partial charge >= 0.3 is 0 Å². The highest BCUT2D eigenvalue weighted by atomic mass is 32.1. The molecule has 0 spiro atoms. The van der Waals surface area contributed by atoms with E-state index in [9.17, 15) is 4.79 Å². The molecule has 0 aliphatic carbocycles.